The summed E-state index contributed by atoms with van der Waals surface area (Å²) in [6, 6.07) is 9.61. The van der Waals surface area contributed by atoms with Crippen molar-refractivity contribution >= 4 is 27.4 Å². The lowest BCUT2D eigenvalue weighted by Crippen LogP contribution is -2.21. The van der Waals surface area contributed by atoms with Gasteiger partial charge in [-0.3, -0.25) is 0 Å². The summed E-state index contributed by atoms with van der Waals surface area (Å²) < 4.78 is 2.64. The largest absolute Gasteiger partial charge is 0.507 e. The molecule has 5 nitrogen and oxygen atoms in total. The standard InChI is InChI=1S/C19H23BrN4O/c1-3-7-13(8-4-2)22-18-11-16(14-9-5-6-10-17(14)25)23-19-15(20)12-21-24(18)19/h5-6,9-13,22,25H,3-4,7-8H2,1-2H3. The lowest BCUT2D eigenvalue weighted by Gasteiger charge is -2.20. The minimum Gasteiger partial charge on any atom is -0.507 e. The fourth-order valence-electron chi connectivity index (χ4n) is 3.06. The van der Waals surface area contributed by atoms with Gasteiger partial charge in [-0.25, -0.2) is 4.98 Å². The van der Waals surface area contributed by atoms with Gasteiger partial charge in [-0.1, -0.05) is 38.8 Å². The summed E-state index contributed by atoms with van der Waals surface area (Å²) in [6.45, 7) is 4.40. The maximum atomic E-state index is 10.2. The van der Waals surface area contributed by atoms with Crippen LogP contribution in [0.4, 0.5) is 5.82 Å². The number of aromatic nitrogens is 3. The molecule has 0 bridgehead atoms. The van der Waals surface area contributed by atoms with Crippen molar-refractivity contribution in [2.75, 3.05) is 5.32 Å². The summed E-state index contributed by atoms with van der Waals surface area (Å²) >= 11 is 3.52. The van der Waals surface area contributed by atoms with Gasteiger partial charge in [0.2, 0.25) is 0 Å². The molecule has 2 N–H and O–H groups in total. The Kier molecular flexibility index (Phi) is 5.58. The van der Waals surface area contributed by atoms with Gasteiger partial charge in [-0.2, -0.15) is 9.61 Å². The van der Waals surface area contributed by atoms with Crippen molar-refractivity contribution in [3.8, 4) is 17.0 Å². The number of halogens is 1. The Morgan fingerprint density at radius 2 is 1.92 bits per heavy atom. The number of para-hydroxylation sites is 1. The Labute approximate surface area is 156 Å². The van der Waals surface area contributed by atoms with Crippen LogP contribution in [0.25, 0.3) is 16.9 Å². The van der Waals surface area contributed by atoms with E-state index in [4.69, 9.17) is 0 Å². The monoisotopic (exact) mass is 402 g/mol. The van der Waals surface area contributed by atoms with Gasteiger partial charge in [-0.05, 0) is 40.9 Å². The molecule has 0 aliphatic heterocycles. The van der Waals surface area contributed by atoms with Gasteiger partial charge in [-0.15, -0.1) is 0 Å². The van der Waals surface area contributed by atoms with Crippen LogP contribution in [0.1, 0.15) is 39.5 Å². The average Bonchev–Trinajstić information content (AvgIpc) is 2.97. The summed E-state index contributed by atoms with van der Waals surface area (Å²) in [6.07, 6.45) is 6.21. The number of fused-ring (bicyclic) bond motifs is 1. The van der Waals surface area contributed by atoms with Crippen LogP contribution in [-0.4, -0.2) is 25.7 Å². The third-order valence-electron chi connectivity index (χ3n) is 4.24. The van der Waals surface area contributed by atoms with E-state index in [1.54, 1.807) is 12.3 Å². The number of nitrogens with zero attached hydrogens (tertiary/aromatic N) is 3. The van der Waals surface area contributed by atoms with Gasteiger partial charge in [0.1, 0.15) is 11.6 Å². The molecular formula is C19H23BrN4O. The first-order valence-corrected chi connectivity index (χ1v) is 9.52. The van der Waals surface area contributed by atoms with Crippen molar-refractivity contribution in [1.29, 1.82) is 0 Å². The molecule has 0 atom stereocenters. The zero-order valence-corrected chi connectivity index (χ0v) is 16.1. The summed E-state index contributed by atoms with van der Waals surface area (Å²) in [5, 5.41) is 18.3. The third-order valence-corrected chi connectivity index (χ3v) is 4.79. The molecule has 2 heterocycles. The number of hydrogen-bond donors (Lipinski definition) is 2. The molecule has 0 amide bonds. The van der Waals surface area contributed by atoms with Gasteiger partial charge in [0.15, 0.2) is 5.65 Å². The number of phenols is 1. The number of anilines is 1. The van der Waals surface area contributed by atoms with Crippen molar-refractivity contribution in [2.45, 2.75) is 45.6 Å². The SMILES string of the molecule is CCCC(CCC)Nc1cc(-c2ccccc2O)nc2c(Br)cnn12. The summed E-state index contributed by atoms with van der Waals surface area (Å²) in [5.74, 6) is 1.11. The Balaban J connectivity index is 2.09. The second-order valence-electron chi connectivity index (χ2n) is 6.19. The molecule has 2 aromatic heterocycles. The first-order chi connectivity index (χ1) is 12.1. The molecule has 25 heavy (non-hydrogen) atoms. The van der Waals surface area contributed by atoms with E-state index in [-0.39, 0.29) is 5.75 Å². The van der Waals surface area contributed by atoms with E-state index in [0.717, 1.165) is 47.3 Å². The molecule has 0 aliphatic rings. The van der Waals surface area contributed by atoms with E-state index in [9.17, 15) is 5.11 Å². The fraction of sp³-hybridized carbons (Fsp3) is 0.368. The highest BCUT2D eigenvalue weighted by molar-refractivity contribution is 9.10. The number of rotatable bonds is 7. The number of nitrogens with one attached hydrogen (secondary N) is 1. The van der Waals surface area contributed by atoms with Crippen molar-refractivity contribution in [1.82, 2.24) is 14.6 Å². The Morgan fingerprint density at radius 3 is 2.60 bits per heavy atom. The first-order valence-electron chi connectivity index (χ1n) is 8.73. The molecule has 0 unspecified atom stereocenters. The zero-order valence-electron chi connectivity index (χ0n) is 14.5. The van der Waals surface area contributed by atoms with E-state index in [1.807, 2.05) is 28.8 Å². The smallest absolute Gasteiger partial charge is 0.172 e. The highest BCUT2D eigenvalue weighted by Crippen LogP contribution is 2.31. The Hall–Kier alpha value is -2.08. The highest BCUT2D eigenvalue weighted by atomic mass is 79.9. The minimum absolute atomic E-state index is 0.222. The molecule has 0 radical (unpaired) electrons. The van der Waals surface area contributed by atoms with Crippen LogP contribution >= 0.6 is 15.9 Å². The molecule has 0 spiro atoms. The molecule has 3 aromatic rings. The molecule has 0 fully saturated rings. The minimum atomic E-state index is 0.222. The summed E-state index contributed by atoms with van der Waals surface area (Å²) in [5.41, 5.74) is 2.17. The van der Waals surface area contributed by atoms with Crippen LogP contribution in [0.2, 0.25) is 0 Å². The zero-order chi connectivity index (χ0) is 17.8. The molecule has 0 aliphatic carbocycles. The van der Waals surface area contributed by atoms with E-state index < -0.39 is 0 Å². The second-order valence-corrected chi connectivity index (χ2v) is 7.04. The second kappa shape index (κ2) is 7.87. The van der Waals surface area contributed by atoms with Crippen LogP contribution in [0.3, 0.4) is 0 Å². The lowest BCUT2D eigenvalue weighted by atomic mass is 10.1. The van der Waals surface area contributed by atoms with Gasteiger partial charge in [0.25, 0.3) is 0 Å². The molecule has 0 saturated heterocycles. The van der Waals surface area contributed by atoms with E-state index in [0.29, 0.717) is 11.6 Å². The van der Waals surface area contributed by atoms with Gasteiger partial charge in [0.05, 0.1) is 16.4 Å². The molecule has 3 rings (SSSR count). The molecule has 1 aromatic carbocycles. The Morgan fingerprint density at radius 1 is 1.20 bits per heavy atom. The summed E-state index contributed by atoms with van der Waals surface area (Å²) in [4.78, 5) is 4.68. The maximum Gasteiger partial charge on any atom is 0.172 e. The normalized spacial score (nSPS) is 11.4. The van der Waals surface area contributed by atoms with Crippen molar-refractivity contribution in [3.05, 3.63) is 41.0 Å². The average molecular weight is 403 g/mol. The quantitative estimate of drug-likeness (QED) is 0.566. The van der Waals surface area contributed by atoms with Crippen molar-refractivity contribution in [2.24, 2.45) is 0 Å². The number of benzene rings is 1. The van der Waals surface area contributed by atoms with Crippen LogP contribution in [0.15, 0.2) is 41.0 Å². The third kappa shape index (κ3) is 3.79. The predicted molar refractivity (Wildman–Crippen MR) is 105 cm³/mol. The molecular weight excluding hydrogens is 380 g/mol. The number of hydrogen-bond acceptors (Lipinski definition) is 4. The van der Waals surface area contributed by atoms with Crippen molar-refractivity contribution in [3.63, 3.8) is 0 Å². The number of phenolic OH excluding ortho intramolecular Hbond substituents is 1. The topological polar surface area (TPSA) is 62.5 Å². The highest BCUT2D eigenvalue weighted by Gasteiger charge is 2.15. The van der Waals surface area contributed by atoms with Gasteiger partial charge >= 0.3 is 0 Å². The molecule has 132 valence electrons. The van der Waals surface area contributed by atoms with Crippen LogP contribution in [0, 0.1) is 0 Å². The van der Waals surface area contributed by atoms with Crippen LogP contribution in [0.5, 0.6) is 5.75 Å². The Bertz CT molecular complexity index is 856. The molecule has 6 heteroatoms. The van der Waals surface area contributed by atoms with Gasteiger partial charge in [0, 0.05) is 17.7 Å². The van der Waals surface area contributed by atoms with Gasteiger partial charge < -0.3 is 10.4 Å². The molecule has 0 saturated carbocycles. The summed E-state index contributed by atoms with van der Waals surface area (Å²) in [7, 11) is 0. The number of aromatic hydroxyl groups is 1. The fourth-order valence-corrected chi connectivity index (χ4v) is 3.41. The predicted octanol–water partition coefficient (Wildman–Crippen LogP) is 5.25. The first kappa shape index (κ1) is 17.7. The van der Waals surface area contributed by atoms with Crippen LogP contribution in [-0.2, 0) is 0 Å². The maximum absolute atomic E-state index is 10.2. The van der Waals surface area contributed by atoms with E-state index >= 15 is 0 Å². The lowest BCUT2D eigenvalue weighted by molar-refractivity contribution is 0.477. The van der Waals surface area contributed by atoms with Crippen LogP contribution < -0.4 is 5.32 Å². The van der Waals surface area contributed by atoms with Crippen molar-refractivity contribution < 1.29 is 5.11 Å². The van der Waals surface area contributed by atoms with E-state index in [2.05, 4.69) is 45.2 Å². The van der Waals surface area contributed by atoms with E-state index in [1.165, 1.54) is 0 Å².